The number of benzene rings is 1. The van der Waals surface area contributed by atoms with Gasteiger partial charge in [-0.1, -0.05) is 11.8 Å². The predicted octanol–water partition coefficient (Wildman–Crippen LogP) is 2.29. The van der Waals surface area contributed by atoms with Gasteiger partial charge in [0, 0.05) is 12.1 Å². The van der Waals surface area contributed by atoms with Gasteiger partial charge in [0.2, 0.25) is 5.88 Å². The second kappa shape index (κ2) is 6.18. The van der Waals surface area contributed by atoms with Gasteiger partial charge >= 0.3 is 0 Å². The van der Waals surface area contributed by atoms with Crippen molar-refractivity contribution in [2.75, 3.05) is 11.7 Å². The lowest BCUT2D eigenvalue weighted by Gasteiger charge is -2.08. The van der Waals surface area contributed by atoms with Crippen LogP contribution < -0.4 is 16.0 Å². The normalized spacial score (nSPS) is 9.90. The minimum atomic E-state index is -0.652. The van der Waals surface area contributed by atoms with Crippen LogP contribution in [0.25, 0.3) is 0 Å². The van der Waals surface area contributed by atoms with Gasteiger partial charge in [-0.05, 0) is 18.4 Å². The number of nitrogens with two attached hydrogens (primary N) is 1. The zero-order valence-electron chi connectivity index (χ0n) is 10.4. The molecule has 1 aromatic heterocycles. The quantitative estimate of drug-likeness (QED) is 0.386. The summed E-state index contributed by atoms with van der Waals surface area (Å²) >= 11 is 1.32. The first-order valence-corrected chi connectivity index (χ1v) is 6.66. The Morgan fingerprint density at radius 1 is 1.40 bits per heavy atom. The maximum absolute atomic E-state index is 13.5. The third kappa shape index (κ3) is 3.14. The Morgan fingerprint density at radius 3 is 2.80 bits per heavy atom. The molecule has 1 aromatic carbocycles. The highest BCUT2D eigenvalue weighted by molar-refractivity contribution is 7.98. The molecule has 2 rings (SSSR count). The molecule has 8 heteroatoms. The lowest BCUT2D eigenvalue weighted by atomic mass is 10.2. The lowest BCUT2D eigenvalue weighted by Crippen LogP contribution is -2.09. The van der Waals surface area contributed by atoms with E-state index in [0.29, 0.717) is 11.0 Å². The van der Waals surface area contributed by atoms with Gasteiger partial charge in [0.05, 0.1) is 5.56 Å². The van der Waals surface area contributed by atoms with Crippen LogP contribution in [0.4, 0.5) is 10.2 Å². The second-order valence-corrected chi connectivity index (χ2v) is 4.35. The molecule has 1 heterocycles. The fourth-order valence-electron chi connectivity index (χ4n) is 1.39. The van der Waals surface area contributed by atoms with Crippen LogP contribution in [0.5, 0.6) is 11.6 Å². The van der Waals surface area contributed by atoms with Gasteiger partial charge in [0.1, 0.15) is 23.5 Å². The van der Waals surface area contributed by atoms with Gasteiger partial charge in [-0.3, -0.25) is 0 Å². The summed E-state index contributed by atoms with van der Waals surface area (Å²) in [6, 6.07) is 7.16. The molecule has 102 valence electrons. The van der Waals surface area contributed by atoms with Crippen molar-refractivity contribution in [3.05, 3.63) is 35.6 Å². The van der Waals surface area contributed by atoms with E-state index in [0.717, 1.165) is 6.07 Å². The number of anilines is 1. The van der Waals surface area contributed by atoms with Crippen LogP contribution in [0, 0.1) is 17.1 Å². The molecule has 2 aromatic rings. The Hall–Kier alpha value is -2.37. The van der Waals surface area contributed by atoms with E-state index in [4.69, 9.17) is 15.8 Å². The monoisotopic (exact) mass is 291 g/mol. The first kappa shape index (κ1) is 14.0. The molecule has 0 spiro atoms. The Balaban J connectivity index is 2.30. The average Bonchev–Trinajstić information content (AvgIpc) is 2.47. The molecule has 0 fully saturated rings. The van der Waals surface area contributed by atoms with E-state index in [9.17, 15) is 4.39 Å². The molecule has 0 aliphatic carbocycles. The van der Waals surface area contributed by atoms with Gasteiger partial charge in [0.15, 0.2) is 5.16 Å². The lowest BCUT2D eigenvalue weighted by molar-refractivity contribution is 0.451. The predicted molar refractivity (Wildman–Crippen MR) is 72.8 cm³/mol. The highest BCUT2D eigenvalue weighted by Gasteiger charge is 2.08. The maximum Gasteiger partial charge on any atom is 0.225 e. The van der Waals surface area contributed by atoms with Crippen LogP contribution in [0.15, 0.2) is 29.4 Å². The number of rotatable bonds is 4. The molecule has 0 radical (unpaired) electrons. The number of aromatic nitrogens is 2. The molecule has 0 saturated heterocycles. The minimum absolute atomic E-state index is 0.0471. The fraction of sp³-hybridized carbons (Fsp3) is 0.0833. The molecule has 0 atom stereocenters. The highest BCUT2D eigenvalue weighted by Crippen LogP contribution is 2.25. The number of nitrogens with one attached hydrogen (secondary N) is 1. The summed E-state index contributed by atoms with van der Waals surface area (Å²) in [6.07, 6.45) is 1.81. The molecule has 6 nitrogen and oxygen atoms in total. The second-order valence-electron chi connectivity index (χ2n) is 3.58. The molecule has 0 aliphatic rings. The van der Waals surface area contributed by atoms with Gasteiger partial charge in [-0.2, -0.15) is 10.2 Å². The Labute approximate surface area is 118 Å². The van der Waals surface area contributed by atoms with E-state index in [2.05, 4.69) is 15.4 Å². The number of halogens is 1. The van der Waals surface area contributed by atoms with Crippen molar-refractivity contribution >= 4 is 17.6 Å². The SMILES string of the molecule is CSc1nc(NN)cc(Oc2ccc(C#N)c(F)c2)n1. The first-order chi connectivity index (χ1) is 9.66. The van der Waals surface area contributed by atoms with Crippen LogP contribution in [0.1, 0.15) is 5.56 Å². The van der Waals surface area contributed by atoms with Gasteiger partial charge in [0.25, 0.3) is 0 Å². The highest BCUT2D eigenvalue weighted by atomic mass is 32.2. The Morgan fingerprint density at radius 2 is 2.20 bits per heavy atom. The van der Waals surface area contributed by atoms with Crippen LogP contribution in [-0.4, -0.2) is 16.2 Å². The molecule has 0 aliphatic heterocycles. The molecular weight excluding hydrogens is 281 g/mol. The number of hydrogen-bond donors (Lipinski definition) is 2. The van der Waals surface area contributed by atoms with E-state index in [1.54, 1.807) is 12.3 Å². The van der Waals surface area contributed by atoms with Crippen molar-refractivity contribution in [2.24, 2.45) is 5.84 Å². The zero-order valence-corrected chi connectivity index (χ0v) is 11.2. The van der Waals surface area contributed by atoms with Crippen LogP contribution in [0.2, 0.25) is 0 Å². The fourth-order valence-corrected chi connectivity index (χ4v) is 1.76. The van der Waals surface area contributed by atoms with Crippen LogP contribution in [0.3, 0.4) is 0 Å². The molecule has 20 heavy (non-hydrogen) atoms. The van der Waals surface area contributed by atoms with E-state index in [-0.39, 0.29) is 17.2 Å². The first-order valence-electron chi connectivity index (χ1n) is 5.43. The maximum atomic E-state index is 13.5. The largest absolute Gasteiger partial charge is 0.439 e. The van der Waals surface area contributed by atoms with Crippen molar-refractivity contribution < 1.29 is 9.13 Å². The minimum Gasteiger partial charge on any atom is -0.439 e. The smallest absolute Gasteiger partial charge is 0.225 e. The summed E-state index contributed by atoms with van der Waals surface area (Å²) in [5.74, 6) is 5.48. The van der Waals surface area contributed by atoms with Crippen molar-refractivity contribution in [1.82, 2.24) is 9.97 Å². The number of nitriles is 1. The standard InChI is InChI=1S/C12H10FN5OS/c1-20-12-16-10(18-15)5-11(17-12)19-8-3-2-7(6-14)9(13)4-8/h2-5H,15H2,1H3,(H,16,17,18). The van der Waals surface area contributed by atoms with E-state index >= 15 is 0 Å². The molecular formula is C12H10FN5OS. The summed E-state index contributed by atoms with van der Waals surface area (Å²) in [5, 5.41) is 9.12. The van der Waals surface area contributed by atoms with Crippen LogP contribution in [-0.2, 0) is 0 Å². The number of thioether (sulfide) groups is 1. The topological polar surface area (TPSA) is 96.9 Å². The van der Waals surface area contributed by atoms with Gasteiger partial charge in [-0.15, -0.1) is 0 Å². The number of nitrogen functional groups attached to an aromatic ring is 1. The number of hydrazine groups is 1. The third-order valence-corrected chi connectivity index (χ3v) is 2.84. The summed E-state index contributed by atoms with van der Waals surface area (Å²) < 4.78 is 18.9. The molecule has 0 amide bonds. The Kier molecular flexibility index (Phi) is 4.34. The average molecular weight is 291 g/mol. The number of ether oxygens (including phenoxy) is 1. The summed E-state index contributed by atoms with van der Waals surface area (Å²) in [7, 11) is 0. The van der Waals surface area contributed by atoms with Gasteiger partial charge in [-0.25, -0.2) is 15.2 Å². The number of nitrogens with zero attached hydrogens (tertiary/aromatic N) is 3. The molecule has 0 bridgehead atoms. The summed E-state index contributed by atoms with van der Waals surface area (Å²) in [6.45, 7) is 0. The third-order valence-electron chi connectivity index (χ3n) is 2.30. The van der Waals surface area contributed by atoms with Crippen molar-refractivity contribution in [3.63, 3.8) is 0 Å². The van der Waals surface area contributed by atoms with Crippen molar-refractivity contribution in [3.8, 4) is 17.7 Å². The number of hydrogen-bond acceptors (Lipinski definition) is 7. The zero-order chi connectivity index (χ0) is 14.5. The summed E-state index contributed by atoms with van der Waals surface area (Å²) in [4.78, 5) is 8.19. The van der Waals surface area contributed by atoms with Gasteiger partial charge < -0.3 is 10.2 Å². The van der Waals surface area contributed by atoms with E-state index in [1.165, 1.54) is 30.0 Å². The molecule has 3 N–H and O–H groups in total. The molecule has 0 saturated carbocycles. The Bertz CT molecular complexity index is 651. The van der Waals surface area contributed by atoms with Crippen LogP contribution >= 0.6 is 11.8 Å². The van der Waals surface area contributed by atoms with Crippen molar-refractivity contribution in [1.29, 1.82) is 5.26 Å². The summed E-state index contributed by atoms with van der Waals surface area (Å²) in [5.41, 5.74) is 2.35. The van der Waals surface area contributed by atoms with Crippen molar-refractivity contribution in [2.45, 2.75) is 5.16 Å². The van der Waals surface area contributed by atoms with E-state index < -0.39 is 5.82 Å². The molecule has 0 unspecified atom stereocenters. The van der Waals surface area contributed by atoms with E-state index in [1.807, 2.05) is 0 Å².